The summed E-state index contributed by atoms with van der Waals surface area (Å²) in [6, 6.07) is 5.74. The molecule has 3 aliphatic rings. The normalized spacial score (nSPS) is 35.3. The molecule has 4 nitrogen and oxygen atoms in total. The molecule has 142 valence electrons. The molecule has 2 N–H and O–H groups in total. The molecule has 0 aliphatic heterocycles. The first kappa shape index (κ1) is 17.8. The highest BCUT2D eigenvalue weighted by atomic mass is 16.5. The van der Waals surface area contributed by atoms with Gasteiger partial charge < -0.3 is 14.9 Å². The van der Waals surface area contributed by atoms with Crippen molar-refractivity contribution in [3.05, 3.63) is 29.3 Å². The maximum Gasteiger partial charge on any atom is 0.306 e. The van der Waals surface area contributed by atoms with Crippen molar-refractivity contribution >= 4 is 5.97 Å². The van der Waals surface area contributed by atoms with Gasteiger partial charge in [-0.05, 0) is 91.4 Å². The summed E-state index contributed by atoms with van der Waals surface area (Å²) >= 11 is 0. The number of phenols is 1. The van der Waals surface area contributed by atoms with Crippen molar-refractivity contribution in [1.82, 2.24) is 0 Å². The van der Waals surface area contributed by atoms with E-state index >= 15 is 0 Å². The number of aryl methyl sites for hydroxylation is 1. The molecule has 0 bridgehead atoms. The average molecular weight is 358 g/mol. The van der Waals surface area contributed by atoms with Gasteiger partial charge in [-0.2, -0.15) is 0 Å². The number of aliphatic hydroxyl groups excluding tert-OH is 1. The second kappa shape index (κ2) is 7.22. The molecule has 2 saturated carbocycles. The van der Waals surface area contributed by atoms with E-state index in [1.807, 2.05) is 13.0 Å². The highest BCUT2D eigenvalue weighted by Gasteiger charge is 2.51. The molecule has 4 unspecified atom stereocenters. The molecule has 1 aromatic rings. The lowest BCUT2D eigenvalue weighted by atomic mass is 9.56. The minimum atomic E-state index is -0.212. The zero-order valence-corrected chi connectivity index (χ0v) is 15.6. The summed E-state index contributed by atoms with van der Waals surface area (Å²) in [5, 5.41) is 20.4. The number of aliphatic hydroxyl groups is 1. The Labute approximate surface area is 155 Å². The zero-order valence-electron chi connectivity index (χ0n) is 15.6. The van der Waals surface area contributed by atoms with E-state index in [1.165, 1.54) is 11.1 Å². The molecule has 0 radical (unpaired) electrons. The van der Waals surface area contributed by atoms with E-state index < -0.39 is 0 Å². The van der Waals surface area contributed by atoms with Crippen LogP contribution in [0.4, 0.5) is 0 Å². The Morgan fingerprint density at radius 2 is 2.04 bits per heavy atom. The topological polar surface area (TPSA) is 66.8 Å². The number of esters is 1. The van der Waals surface area contributed by atoms with E-state index in [-0.39, 0.29) is 18.0 Å². The largest absolute Gasteiger partial charge is 0.508 e. The highest BCUT2D eigenvalue weighted by molar-refractivity contribution is 5.70. The summed E-state index contributed by atoms with van der Waals surface area (Å²) < 4.78 is 5.38. The van der Waals surface area contributed by atoms with Gasteiger partial charge in [0.05, 0.1) is 12.7 Å². The number of carbonyl (C=O) groups is 1. The molecular weight excluding hydrogens is 328 g/mol. The minimum Gasteiger partial charge on any atom is -0.508 e. The summed E-state index contributed by atoms with van der Waals surface area (Å²) in [6.07, 6.45) is 6.06. The first-order valence-electron chi connectivity index (χ1n) is 10.2. The van der Waals surface area contributed by atoms with Crippen LogP contribution in [-0.4, -0.2) is 28.9 Å². The number of benzene rings is 1. The average Bonchev–Trinajstić information content (AvgIpc) is 3.00. The quantitative estimate of drug-likeness (QED) is 0.804. The summed E-state index contributed by atoms with van der Waals surface area (Å²) in [6.45, 7) is 2.49. The number of aromatic hydroxyl groups is 1. The van der Waals surface area contributed by atoms with Gasteiger partial charge in [0.2, 0.25) is 0 Å². The standard InChI is InChI=1S/C22H30O4/c1-2-9-26-21(25)12-14-11-19-17(7-8-20(19)24)18-5-3-13-10-15(23)4-6-16(13)22(14)18/h4,6,10,14,17-20,22-24H,2-3,5,7-9,11-12H2,1H3/t14-,17?,18?,19?,20+,22?/m1/s1. The van der Waals surface area contributed by atoms with Gasteiger partial charge in [-0.3, -0.25) is 4.79 Å². The van der Waals surface area contributed by atoms with Crippen molar-refractivity contribution in [2.24, 2.45) is 23.7 Å². The monoisotopic (exact) mass is 358 g/mol. The van der Waals surface area contributed by atoms with Crippen LogP contribution in [0.5, 0.6) is 5.75 Å². The Balaban J connectivity index is 1.64. The molecule has 3 aliphatic carbocycles. The van der Waals surface area contributed by atoms with Gasteiger partial charge in [0.25, 0.3) is 0 Å². The number of ether oxygens (including phenoxy) is 1. The van der Waals surface area contributed by atoms with Gasteiger partial charge in [-0.1, -0.05) is 13.0 Å². The first-order chi connectivity index (χ1) is 12.6. The van der Waals surface area contributed by atoms with Crippen molar-refractivity contribution in [2.75, 3.05) is 6.61 Å². The van der Waals surface area contributed by atoms with Crippen LogP contribution >= 0.6 is 0 Å². The maximum absolute atomic E-state index is 12.4. The highest BCUT2D eigenvalue weighted by Crippen LogP contribution is 2.58. The van der Waals surface area contributed by atoms with E-state index in [4.69, 9.17) is 4.74 Å². The Kier molecular flexibility index (Phi) is 4.96. The van der Waals surface area contributed by atoms with E-state index in [9.17, 15) is 15.0 Å². The zero-order chi connectivity index (χ0) is 18.3. The van der Waals surface area contributed by atoms with Gasteiger partial charge in [0.1, 0.15) is 5.75 Å². The summed E-state index contributed by atoms with van der Waals surface area (Å²) in [5.41, 5.74) is 2.54. The van der Waals surface area contributed by atoms with Crippen LogP contribution in [0.3, 0.4) is 0 Å². The molecule has 0 amide bonds. The molecule has 0 saturated heterocycles. The Morgan fingerprint density at radius 3 is 2.85 bits per heavy atom. The molecule has 6 atom stereocenters. The fourth-order valence-corrected chi connectivity index (χ4v) is 6.09. The molecule has 0 aromatic heterocycles. The second-order valence-electron chi connectivity index (χ2n) is 8.50. The maximum atomic E-state index is 12.4. The Bertz CT molecular complexity index is 670. The third kappa shape index (κ3) is 3.13. The van der Waals surface area contributed by atoms with Crippen LogP contribution in [0.1, 0.15) is 62.5 Å². The fourth-order valence-electron chi connectivity index (χ4n) is 6.09. The van der Waals surface area contributed by atoms with Gasteiger partial charge >= 0.3 is 5.97 Å². The van der Waals surface area contributed by atoms with Crippen LogP contribution in [0.2, 0.25) is 0 Å². The molecule has 26 heavy (non-hydrogen) atoms. The number of hydrogen-bond acceptors (Lipinski definition) is 4. The molecule has 0 heterocycles. The van der Waals surface area contributed by atoms with Crippen molar-refractivity contribution in [3.8, 4) is 5.75 Å². The van der Waals surface area contributed by atoms with Crippen molar-refractivity contribution in [3.63, 3.8) is 0 Å². The summed E-state index contributed by atoms with van der Waals surface area (Å²) in [7, 11) is 0. The third-order valence-electron chi connectivity index (χ3n) is 7.06. The Morgan fingerprint density at radius 1 is 1.19 bits per heavy atom. The van der Waals surface area contributed by atoms with Crippen molar-refractivity contribution in [1.29, 1.82) is 0 Å². The predicted octanol–water partition coefficient (Wildman–Crippen LogP) is 3.79. The van der Waals surface area contributed by atoms with Gasteiger partial charge in [-0.25, -0.2) is 0 Å². The number of phenolic OH excluding ortho intramolecular Hbond substituents is 1. The van der Waals surface area contributed by atoms with Crippen molar-refractivity contribution < 1.29 is 19.7 Å². The van der Waals surface area contributed by atoms with Crippen LogP contribution in [0.15, 0.2) is 18.2 Å². The lowest BCUT2D eigenvalue weighted by Crippen LogP contribution is -2.42. The van der Waals surface area contributed by atoms with Gasteiger partial charge in [-0.15, -0.1) is 0 Å². The smallest absolute Gasteiger partial charge is 0.306 e. The molecule has 4 rings (SSSR count). The van der Waals surface area contributed by atoms with E-state index in [0.29, 0.717) is 42.4 Å². The number of hydrogen-bond donors (Lipinski definition) is 2. The van der Waals surface area contributed by atoms with Crippen LogP contribution < -0.4 is 0 Å². The van der Waals surface area contributed by atoms with Gasteiger partial charge in [0, 0.05) is 6.42 Å². The van der Waals surface area contributed by atoms with E-state index in [1.54, 1.807) is 6.07 Å². The molecule has 0 spiro atoms. The van der Waals surface area contributed by atoms with Gasteiger partial charge in [0.15, 0.2) is 0 Å². The SMILES string of the molecule is CCCOC(=O)C[C@H]1CC2C(CC[C@@H]2O)C2CCc3cc(O)ccc3C21. The molecule has 1 aromatic carbocycles. The number of carbonyl (C=O) groups excluding carboxylic acids is 1. The third-order valence-corrected chi connectivity index (χ3v) is 7.06. The molecule has 2 fully saturated rings. The lowest BCUT2D eigenvalue weighted by Gasteiger charge is -2.49. The lowest BCUT2D eigenvalue weighted by molar-refractivity contribution is -0.146. The van der Waals surface area contributed by atoms with E-state index in [0.717, 1.165) is 38.5 Å². The number of fused-ring (bicyclic) bond motifs is 5. The summed E-state index contributed by atoms with van der Waals surface area (Å²) in [5.74, 6) is 2.23. The Hall–Kier alpha value is -1.55. The first-order valence-corrected chi connectivity index (χ1v) is 10.2. The summed E-state index contributed by atoms with van der Waals surface area (Å²) in [4.78, 5) is 12.4. The van der Waals surface area contributed by atoms with Crippen molar-refractivity contribution in [2.45, 2.75) is 63.9 Å². The van der Waals surface area contributed by atoms with Crippen LogP contribution in [0, 0.1) is 23.7 Å². The number of rotatable bonds is 4. The van der Waals surface area contributed by atoms with Crippen LogP contribution in [-0.2, 0) is 16.0 Å². The minimum absolute atomic E-state index is 0.104. The second-order valence-corrected chi connectivity index (χ2v) is 8.50. The molecule has 4 heteroatoms. The fraction of sp³-hybridized carbons (Fsp3) is 0.682. The predicted molar refractivity (Wildman–Crippen MR) is 98.9 cm³/mol. The van der Waals surface area contributed by atoms with E-state index in [2.05, 4.69) is 6.07 Å². The van der Waals surface area contributed by atoms with Crippen LogP contribution in [0.25, 0.3) is 0 Å². The molecular formula is C22H30O4.